The summed E-state index contributed by atoms with van der Waals surface area (Å²) >= 11 is 0. The van der Waals surface area contributed by atoms with Gasteiger partial charge in [-0.1, -0.05) is 18.6 Å². The van der Waals surface area contributed by atoms with Gasteiger partial charge in [-0.15, -0.1) is 5.10 Å². The highest BCUT2D eigenvalue weighted by Crippen LogP contribution is 2.26. The highest BCUT2D eigenvalue weighted by atomic mass is 15.4. The molecule has 0 aromatic carbocycles. The largest absolute Gasteiger partial charge is 0.301 e. The summed E-state index contributed by atoms with van der Waals surface area (Å²) in [6.07, 6.45) is 9.49. The second kappa shape index (κ2) is 7.75. The smallest absolute Gasteiger partial charge is 0.0827 e. The Bertz CT molecular complexity index is 468. The number of likely N-dealkylation sites (tertiary alicyclic amines) is 2. The maximum Gasteiger partial charge on any atom is 0.0827 e. The van der Waals surface area contributed by atoms with Gasteiger partial charge in [0.25, 0.3) is 0 Å². The van der Waals surface area contributed by atoms with Crippen LogP contribution in [0.15, 0.2) is 6.20 Å². The molecule has 0 amide bonds. The summed E-state index contributed by atoms with van der Waals surface area (Å²) in [5.74, 6) is 0. The van der Waals surface area contributed by atoms with Crippen molar-refractivity contribution in [2.75, 3.05) is 26.2 Å². The summed E-state index contributed by atoms with van der Waals surface area (Å²) in [6.45, 7) is 11.8. The third-order valence-electron chi connectivity index (χ3n) is 5.68. The van der Waals surface area contributed by atoms with Crippen LogP contribution < -0.4 is 0 Å². The Morgan fingerprint density at radius 1 is 1.04 bits per heavy atom. The lowest BCUT2D eigenvalue weighted by molar-refractivity contribution is 0.0669. The molecule has 130 valence electrons. The fraction of sp³-hybridized carbons (Fsp3) is 0.889. The molecule has 0 bridgehead atoms. The first-order valence-electron chi connectivity index (χ1n) is 9.56. The minimum Gasteiger partial charge on any atom is -0.301 e. The molecule has 0 radical (unpaired) electrons. The summed E-state index contributed by atoms with van der Waals surface area (Å²) in [7, 11) is 0. The number of hydrogen-bond donors (Lipinski definition) is 0. The Hall–Kier alpha value is -0.940. The van der Waals surface area contributed by atoms with E-state index < -0.39 is 0 Å². The van der Waals surface area contributed by atoms with Crippen molar-refractivity contribution in [2.45, 2.75) is 77.4 Å². The molecule has 1 aromatic rings. The normalized spacial score (nSPS) is 23.0. The predicted molar refractivity (Wildman–Crippen MR) is 93.6 cm³/mol. The lowest BCUT2D eigenvalue weighted by atomic mass is 9.97. The molecular weight excluding hydrogens is 286 g/mol. The zero-order valence-corrected chi connectivity index (χ0v) is 15.1. The van der Waals surface area contributed by atoms with Crippen molar-refractivity contribution < 1.29 is 0 Å². The molecule has 3 rings (SSSR count). The van der Waals surface area contributed by atoms with Crippen LogP contribution in [0.25, 0.3) is 0 Å². The van der Waals surface area contributed by atoms with E-state index in [1.165, 1.54) is 51.9 Å². The Morgan fingerprint density at radius 3 is 2.30 bits per heavy atom. The number of rotatable bonds is 5. The molecule has 1 aromatic heterocycles. The van der Waals surface area contributed by atoms with Gasteiger partial charge < -0.3 is 9.80 Å². The van der Waals surface area contributed by atoms with Crippen LogP contribution in [-0.2, 0) is 6.42 Å². The fourth-order valence-corrected chi connectivity index (χ4v) is 4.15. The summed E-state index contributed by atoms with van der Waals surface area (Å²) in [5.41, 5.74) is 1.15. The number of aromatic nitrogens is 3. The zero-order chi connectivity index (χ0) is 16.2. The Kier molecular flexibility index (Phi) is 5.70. The standard InChI is InChI=1S/C18H33N5/c1-4-5-16-14-23(20-19-16)18-8-12-22(13-9-18)17-6-10-21(11-7-17)15(2)3/h14-15,17-18H,4-13H2,1-3H3. The average molecular weight is 319 g/mol. The molecular formula is C18H33N5. The highest BCUT2D eigenvalue weighted by molar-refractivity contribution is 4.94. The molecule has 0 atom stereocenters. The van der Waals surface area contributed by atoms with Gasteiger partial charge in [0.1, 0.15) is 0 Å². The number of hydrogen-bond acceptors (Lipinski definition) is 4. The molecule has 2 aliphatic rings. The van der Waals surface area contributed by atoms with Crippen molar-refractivity contribution in [2.24, 2.45) is 0 Å². The zero-order valence-electron chi connectivity index (χ0n) is 15.1. The van der Waals surface area contributed by atoms with Crippen molar-refractivity contribution in [3.8, 4) is 0 Å². The van der Waals surface area contributed by atoms with Gasteiger partial charge in [0.15, 0.2) is 0 Å². The van der Waals surface area contributed by atoms with E-state index in [2.05, 4.69) is 51.8 Å². The monoisotopic (exact) mass is 319 g/mol. The SMILES string of the molecule is CCCc1cn(C2CCN(C3CCN(C(C)C)CC3)CC2)nn1. The van der Waals surface area contributed by atoms with Crippen molar-refractivity contribution in [1.29, 1.82) is 0 Å². The first-order valence-corrected chi connectivity index (χ1v) is 9.56. The second-order valence-electron chi connectivity index (χ2n) is 7.57. The van der Waals surface area contributed by atoms with Crippen LogP contribution in [0.2, 0.25) is 0 Å². The summed E-state index contributed by atoms with van der Waals surface area (Å²) in [5, 5.41) is 8.68. The minimum atomic E-state index is 0.556. The maximum absolute atomic E-state index is 4.37. The number of nitrogens with zero attached hydrogens (tertiary/aromatic N) is 5. The first kappa shape index (κ1) is 16.9. The molecule has 5 nitrogen and oxygen atoms in total. The lowest BCUT2D eigenvalue weighted by Crippen LogP contribution is -2.49. The van der Waals surface area contributed by atoms with Gasteiger partial charge in [-0.3, -0.25) is 0 Å². The van der Waals surface area contributed by atoms with E-state index in [0.717, 1.165) is 24.6 Å². The van der Waals surface area contributed by atoms with E-state index >= 15 is 0 Å². The van der Waals surface area contributed by atoms with Gasteiger partial charge in [0.2, 0.25) is 0 Å². The number of aryl methyl sites for hydroxylation is 1. The third kappa shape index (κ3) is 4.13. The van der Waals surface area contributed by atoms with Crippen LogP contribution in [0.3, 0.4) is 0 Å². The maximum atomic E-state index is 4.37. The van der Waals surface area contributed by atoms with Gasteiger partial charge in [-0.25, -0.2) is 4.68 Å². The predicted octanol–water partition coefficient (Wildman–Crippen LogP) is 2.74. The molecule has 23 heavy (non-hydrogen) atoms. The minimum absolute atomic E-state index is 0.556. The Balaban J connectivity index is 1.47. The van der Waals surface area contributed by atoms with E-state index in [4.69, 9.17) is 0 Å². The van der Waals surface area contributed by atoms with Gasteiger partial charge >= 0.3 is 0 Å². The van der Waals surface area contributed by atoms with Crippen LogP contribution in [0.4, 0.5) is 0 Å². The van der Waals surface area contributed by atoms with Crippen LogP contribution in [0, 0.1) is 0 Å². The second-order valence-corrected chi connectivity index (χ2v) is 7.57. The van der Waals surface area contributed by atoms with Gasteiger partial charge in [-0.2, -0.15) is 0 Å². The van der Waals surface area contributed by atoms with E-state index in [1.54, 1.807) is 0 Å². The molecule has 2 aliphatic heterocycles. The molecule has 0 spiro atoms. The molecule has 5 heteroatoms. The highest BCUT2D eigenvalue weighted by Gasteiger charge is 2.29. The van der Waals surface area contributed by atoms with E-state index in [1.807, 2.05) is 0 Å². The van der Waals surface area contributed by atoms with Crippen molar-refractivity contribution >= 4 is 0 Å². The molecule has 0 N–H and O–H groups in total. The van der Waals surface area contributed by atoms with Gasteiger partial charge in [0.05, 0.1) is 11.7 Å². The van der Waals surface area contributed by atoms with E-state index in [0.29, 0.717) is 12.1 Å². The topological polar surface area (TPSA) is 37.2 Å². The molecule has 0 saturated carbocycles. The molecule has 0 aliphatic carbocycles. The molecule has 3 heterocycles. The average Bonchev–Trinajstić information content (AvgIpc) is 3.04. The fourth-order valence-electron chi connectivity index (χ4n) is 4.15. The number of piperidine rings is 2. The quantitative estimate of drug-likeness (QED) is 0.836. The first-order chi connectivity index (χ1) is 11.2. The van der Waals surface area contributed by atoms with E-state index in [9.17, 15) is 0 Å². The van der Waals surface area contributed by atoms with Crippen molar-refractivity contribution in [3.63, 3.8) is 0 Å². The van der Waals surface area contributed by atoms with E-state index in [-0.39, 0.29) is 0 Å². The van der Waals surface area contributed by atoms with Crippen molar-refractivity contribution in [1.82, 2.24) is 24.8 Å². The molecule has 2 fully saturated rings. The van der Waals surface area contributed by atoms with Crippen LogP contribution >= 0.6 is 0 Å². The molecule has 0 unspecified atom stereocenters. The Labute approximate surface area is 141 Å². The van der Waals surface area contributed by atoms with Crippen molar-refractivity contribution in [3.05, 3.63) is 11.9 Å². The third-order valence-corrected chi connectivity index (χ3v) is 5.68. The van der Waals surface area contributed by atoms with Crippen LogP contribution in [0.5, 0.6) is 0 Å². The summed E-state index contributed by atoms with van der Waals surface area (Å²) in [6, 6.07) is 2.06. The Morgan fingerprint density at radius 2 is 1.70 bits per heavy atom. The van der Waals surface area contributed by atoms with Gasteiger partial charge in [-0.05, 0) is 59.0 Å². The van der Waals surface area contributed by atoms with Gasteiger partial charge in [0, 0.05) is 31.4 Å². The summed E-state index contributed by atoms with van der Waals surface area (Å²) < 4.78 is 2.13. The van der Waals surface area contributed by atoms with Crippen LogP contribution in [0.1, 0.15) is 64.6 Å². The lowest BCUT2D eigenvalue weighted by Gasteiger charge is -2.42. The summed E-state index contributed by atoms with van der Waals surface area (Å²) in [4.78, 5) is 5.35. The molecule has 2 saturated heterocycles. The van der Waals surface area contributed by atoms with Crippen LogP contribution in [-0.4, -0.2) is 63.1 Å².